The lowest BCUT2D eigenvalue weighted by Crippen LogP contribution is -2.17. The van der Waals surface area contributed by atoms with Gasteiger partial charge in [0.05, 0.1) is 0 Å². The second-order valence-corrected chi connectivity index (χ2v) is 6.71. The van der Waals surface area contributed by atoms with Gasteiger partial charge in [0.15, 0.2) is 0 Å². The van der Waals surface area contributed by atoms with Crippen molar-refractivity contribution in [1.29, 1.82) is 0 Å². The fourth-order valence-corrected chi connectivity index (χ4v) is 2.88. The summed E-state index contributed by atoms with van der Waals surface area (Å²) in [6.45, 7) is 1.85. The molecule has 4 aromatic rings. The molecule has 2 aromatic heterocycles. The van der Waals surface area contributed by atoms with Crippen molar-refractivity contribution in [2.45, 2.75) is 13.3 Å². The van der Waals surface area contributed by atoms with Crippen molar-refractivity contribution in [1.82, 2.24) is 19.5 Å². The van der Waals surface area contributed by atoms with E-state index < -0.39 is 18.0 Å². The number of alkyl halides is 3. The fraction of sp³-hybridized carbons (Fsp3) is 0.0909. The smallest absolute Gasteiger partial charge is 0.439 e. The maximum Gasteiger partial charge on any atom is 0.573 e. The molecule has 0 spiro atoms. The number of carbonyl (C=O) groups excluding carboxylic acids is 1. The van der Waals surface area contributed by atoms with E-state index in [1.54, 1.807) is 47.3 Å². The molecule has 0 unspecified atom stereocenters. The highest BCUT2D eigenvalue weighted by molar-refractivity contribution is 6.04. The first-order valence-corrected chi connectivity index (χ1v) is 9.54. The quantitative estimate of drug-likeness (QED) is 0.444. The van der Waals surface area contributed by atoms with Crippen LogP contribution in [0.1, 0.15) is 16.2 Å². The highest BCUT2D eigenvalue weighted by Gasteiger charge is 2.31. The third kappa shape index (κ3) is 5.64. The largest absolute Gasteiger partial charge is 0.573 e. The number of amides is 1. The third-order valence-electron chi connectivity index (χ3n) is 4.38. The number of aromatic nitrogens is 4. The molecule has 33 heavy (non-hydrogen) atoms. The second-order valence-electron chi connectivity index (χ2n) is 6.71. The number of rotatable bonds is 6. The van der Waals surface area contributed by atoms with E-state index in [1.807, 2.05) is 6.92 Å². The lowest BCUT2D eigenvalue weighted by molar-refractivity contribution is -0.274. The lowest BCUT2D eigenvalue weighted by Gasteiger charge is -2.10. The minimum atomic E-state index is -4.79. The van der Waals surface area contributed by atoms with Crippen LogP contribution in [0.4, 0.5) is 18.9 Å². The van der Waals surface area contributed by atoms with E-state index in [-0.39, 0.29) is 5.56 Å². The number of hydrogen-bond acceptors (Lipinski definition) is 6. The first-order valence-electron chi connectivity index (χ1n) is 9.54. The molecule has 0 atom stereocenters. The van der Waals surface area contributed by atoms with Gasteiger partial charge < -0.3 is 14.8 Å². The van der Waals surface area contributed by atoms with Crippen LogP contribution in [-0.4, -0.2) is 31.8 Å². The van der Waals surface area contributed by atoms with Gasteiger partial charge in [-0.25, -0.2) is 15.0 Å². The van der Waals surface area contributed by atoms with Gasteiger partial charge in [0.1, 0.15) is 29.5 Å². The molecule has 4 rings (SSSR count). The summed E-state index contributed by atoms with van der Waals surface area (Å²) in [6.07, 6.45) is 0.0224. The topological polar surface area (TPSA) is 91.2 Å². The van der Waals surface area contributed by atoms with E-state index in [0.717, 1.165) is 18.0 Å². The van der Waals surface area contributed by atoms with Crippen LogP contribution in [0.15, 0.2) is 73.3 Å². The van der Waals surface area contributed by atoms with Crippen LogP contribution in [0.3, 0.4) is 0 Å². The van der Waals surface area contributed by atoms with Gasteiger partial charge in [-0.3, -0.25) is 9.36 Å². The number of nitrogens with zero attached hydrogens (tertiary/aromatic N) is 4. The number of anilines is 1. The van der Waals surface area contributed by atoms with Crippen LogP contribution in [-0.2, 0) is 0 Å². The number of benzene rings is 2. The molecule has 1 amide bonds. The minimum Gasteiger partial charge on any atom is -0.439 e. The maximum atomic E-state index is 12.3. The zero-order chi connectivity index (χ0) is 23.4. The molecular formula is C22H16F3N5O3. The van der Waals surface area contributed by atoms with E-state index in [9.17, 15) is 18.0 Å². The Morgan fingerprint density at radius 2 is 1.67 bits per heavy atom. The van der Waals surface area contributed by atoms with Crippen molar-refractivity contribution in [3.05, 3.63) is 84.7 Å². The highest BCUT2D eigenvalue weighted by atomic mass is 19.4. The molecule has 0 fully saturated rings. The van der Waals surface area contributed by atoms with Gasteiger partial charge in [-0.1, -0.05) is 0 Å². The highest BCUT2D eigenvalue weighted by Crippen LogP contribution is 2.25. The van der Waals surface area contributed by atoms with Crippen molar-refractivity contribution >= 4 is 11.6 Å². The van der Waals surface area contributed by atoms with Crippen molar-refractivity contribution in [2.75, 3.05) is 5.32 Å². The Balaban J connectivity index is 1.39. The summed E-state index contributed by atoms with van der Waals surface area (Å²) in [5.41, 5.74) is 0.647. The summed E-state index contributed by atoms with van der Waals surface area (Å²) in [5.74, 6) is 1.28. The van der Waals surface area contributed by atoms with Crippen molar-refractivity contribution in [3.8, 4) is 23.2 Å². The summed E-state index contributed by atoms with van der Waals surface area (Å²) in [6, 6.07) is 12.8. The van der Waals surface area contributed by atoms with Gasteiger partial charge >= 0.3 is 6.36 Å². The van der Waals surface area contributed by atoms with E-state index in [0.29, 0.717) is 23.1 Å². The van der Waals surface area contributed by atoms with Gasteiger partial charge in [0, 0.05) is 29.7 Å². The second kappa shape index (κ2) is 8.99. The normalized spacial score (nSPS) is 11.2. The van der Waals surface area contributed by atoms with Gasteiger partial charge in [-0.2, -0.15) is 0 Å². The van der Waals surface area contributed by atoms with Crippen LogP contribution >= 0.6 is 0 Å². The molecular weight excluding hydrogens is 439 g/mol. The van der Waals surface area contributed by atoms with E-state index >= 15 is 0 Å². The number of ether oxygens (including phenoxy) is 2. The van der Waals surface area contributed by atoms with Gasteiger partial charge in [-0.15, -0.1) is 13.2 Å². The Kier molecular flexibility index (Phi) is 5.94. The molecule has 8 nitrogen and oxygen atoms in total. The Morgan fingerprint density at radius 3 is 2.30 bits per heavy atom. The Bertz CT molecular complexity index is 1260. The van der Waals surface area contributed by atoms with Crippen molar-refractivity contribution in [2.24, 2.45) is 0 Å². The molecule has 0 aliphatic carbocycles. The van der Waals surface area contributed by atoms with Crippen LogP contribution in [0, 0.1) is 6.92 Å². The zero-order valence-electron chi connectivity index (χ0n) is 17.1. The summed E-state index contributed by atoms with van der Waals surface area (Å²) in [5, 5.41) is 2.66. The molecule has 0 radical (unpaired) electrons. The van der Waals surface area contributed by atoms with Crippen molar-refractivity contribution in [3.63, 3.8) is 0 Å². The lowest BCUT2D eigenvalue weighted by atomic mass is 10.2. The van der Waals surface area contributed by atoms with Gasteiger partial charge in [0.2, 0.25) is 5.88 Å². The predicted octanol–water partition coefficient (Wildman–Crippen LogP) is 4.91. The number of aryl methyl sites for hydroxylation is 1. The predicted molar refractivity (Wildman–Crippen MR) is 111 cm³/mol. The zero-order valence-corrected chi connectivity index (χ0v) is 17.1. The average Bonchev–Trinajstić information content (AvgIpc) is 3.20. The molecule has 0 aliphatic heterocycles. The third-order valence-corrected chi connectivity index (χ3v) is 4.38. The molecule has 0 bridgehead atoms. The number of imidazole rings is 1. The Labute approximate surface area is 185 Å². The first-order chi connectivity index (χ1) is 15.8. The standard InChI is InChI=1S/C22H16F3N5O3/c1-14-26-10-11-30(14)19-12-20(28-13-27-19)32-17-8-4-16(5-9-17)29-21(31)15-2-6-18(7-3-15)33-22(23,24)25/h2-13H,1H3,(H,29,31). The molecule has 0 aliphatic rings. The first kappa shape index (κ1) is 21.8. The molecule has 2 heterocycles. The SMILES string of the molecule is Cc1nccn1-c1cc(Oc2ccc(NC(=O)c3ccc(OC(F)(F)F)cc3)cc2)ncn1. The average molecular weight is 455 g/mol. The van der Waals surface area contributed by atoms with Crippen molar-refractivity contribution < 1.29 is 27.4 Å². The summed E-state index contributed by atoms with van der Waals surface area (Å²) < 4.78 is 48.0. The van der Waals surface area contributed by atoms with Crippen LogP contribution in [0.2, 0.25) is 0 Å². The monoisotopic (exact) mass is 455 g/mol. The molecule has 168 valence electrons. The van der Waals surface area contributed by atoms with Gasteiger partial charge in [0.25, 0.3) is 5.91 Å². The van der Waals surface area contributed by atoms with E-state index in [2.05, 4.69) is 25.0 Å². The number of nitrogens with one attached hydrogen (secondary N) is 1. The summed E-state index contributed by atoms with van der Waals surface area (Å²) in [4.78, 5) is 24.8. The van der Waals surface area contributed by atoms with Crippen LogP contribution in [0.5, 0.6) is 17.4 Å². The molecule has 11 heteroatoms. The minimum absolute atomic E-state index is 0.174. The molecule has 1 N–H and O–H groups in total. The van der Waals surface area contributed by atoms with Crippen LogP contribution < -0.4 is 14.8 Å². The Morgan fingerprint density at radius 1 is 0.970 bits per heavy atom. The van der Waals surface area contributed by atoms with E-state index in [4.69, 9.17) is 4.74 Å². The molecule has 2 aromatic carbocycles. The van der Waals surface area contributed by atoms with Gasteiger partial charge in [-0.05, 0) is 55.5 Å². The summed E-state index contributed by atoms with van der Waals surface area (Å²) in [7, 11) is 0. The summed E-state index contributed by atoms with van der Waals surface area (Å²) >= 11 is 0. The van der Waals surface area contributed by atoms with E-state index in [1.165, 1.54) is 18.5 Å². The molecule has 0 saturated carbocycles. The molecule has 0 saturated heterocycles. The fourth-order valence-electron chi connectivity index (χ4n) is 2.88. The number of hydrogen-bond donors (Lipinski definition) is 1. The number of carbonyl (C=O) groups is 1. The number of halogens is 3. The van der Waals surface area contributed by atoms with Crippen LogP contribution in [0.25, 0.3) is 5.82 Å². The Hall–Kier alpha value is -4.41. The maximum absolute atomic E-state index is 12.3.